The zero-order valence-corrected chi connectivity index (χ0v) is 7.82. The number of nitrogens with zero attached hydrogens (tertiary/aromatic N) is 1. The topological polar surface area (TPSA) is 24.5 Å². The molecule has 0 spiro atoms. The van der Waals surface area contributed by atoms with Crippen molar-refractivity contribution in [3.8, 4) is 0 Å². The maximum Gasteiger partial charge on any atom is 0.0740 e. The quantitative estimate of drug-likeness (QED) is 0.488. The molecule has 0 aromatic rings. The molecule has 1 saturated heterocycles. The van der Waals surface area contributed by atoms with E-state index in [1.54, 1.807) is 0 Å². The van der Waals surface area contributed by atoms with E-state index in [0.717, 1.165) is 39.3 Å². The Hall–Kier alpha value is 0.230. The molecular weight excluding hydrogens is 160 g/mol. The first kappa shape index (κ1) is 9.32. The fraction of sp³-hybridized carbons (Fsp3) is 1.00. The lowest BCUT2D eigenvalue weighted by atomic mass is 10.4. The molecule has 0 atom stereocenters. The van der Waals surface area contributed by atoms with Gasteiger partial charge in [-0.3, -0.25) is 4.90 Å². The van der Waals surface area contributed by atoms with Crippen molar-refractivity contribution in [3.05, 3.63) is 0 Å². The number of nitrogens with one attached hydrogen (secondary N) is 1. The highest BCUT2D eigenvalue weighted by Crippen LogP contribution is 1.96. The van der Waals surface area contributed by atoms with Gasteiger partial charge in [0.2, 0.25) is 0 Å². The summed E-state index contributed by atoms with van der Waals surface area (Å²) >= 11 is 1.45. The smallest absolute Gasteiger partial charge is 0.0740 e. The fourth-order valence-electron chi connectivity index (χ4n) is 1.18. The van der Waals surface area contributed by atoms with Gasteiger partial charge in [-0.25, -0.2) is 0 Å². The molecule has 1 aliphatic rings. The lowest BCUT2D eigenvalue weighted by Gasteiger charge is -2.26. The van der Waals surface area contributed by atoms with Crippen molar-refractivity contribution in [2.45, 2.75) is 0 Å². The van der Waals surface area contributed by atoms with Crippen LogP contribution in [0.2, 0.25) is 0 Å². The summed E-state index contributed by atoms with van der Waals surface area (Å²) in [6.07, 6.45) is 1.96. The Morgan fingerprint density at radius 3 is 2.82 bits per heavy atom. The van der Waals surface area contributed by atoms with Crippen LogP contribution in [0.25, 0.3) is 0 Å². The molecule has 0 unspecified atom stereocenters. The second-order valence-electron chi connectivity index (χ2n) is 2.58. The summed E-state index contributed by atoms with van der Waals surface area (Å²) < 4.78 is 5.19. The fourth-order valence-corrected chi connectivity index (χ4v) is 1.43. The van der Waals surface area contributed by atoms with Gasteiger partial charge in [-0.2, -0.15) is 0 Å². The summed E-state index contributed by atoms with van der Waals surface area (Å²) in [5.41, 5.74) is 0. The van der Waals surface area contributed by atoms with Crippen molar-refractivity contribution in [1.29, 1.82) is 0 Å². The predicted molar refractivity (Wildman–Crippen MR) is 48.8 cm³/mol. The first-order valence-electron chi connectivity index (χ1n) is 4.02. The van der Waals surface area contributed by atoms with Gasteiger partial charge in [-0.1, -0.05) is 0 Å². The lowest BCUT2D eigenvalue weighted by molar-refractivity contribution is 0.204. The first-order valence-corrected chi connectivity index (χ1v) is 5.17. The summed E-state index contributed by atoms with van der Waals surface area (Å²) in [6.45, 7) is 6.50. The van der Waals surface area contributed by atoms with E-state index in [-0.39, 0.29) is 0 Å². The number of piperazine rings is 1. The Morgan fingerprint density at radius 2 is 2.18 bits per heavy atom. The first-order chi connectivity index (χ1) is 5.43. The van der Waals surface area contributed by atoms with E-state index in [1.807, 2.05) is 6.26 Å². The molecule has 0 saturated carbocycles. The van der Waals surface area contributed by atoms with Crippen molar-refractivity contribution >= 4 is 12.0 Å². The standard InChI is InChI=1S/C7H16N2OS/c1-11-10-7-6-9-4-2-8-3-5-9/h8H,2-7H2,1H3. The Kier molecular flexibility index (Phi) is 4.94. The normalized spacial score (nSPS) is 20.5. The Bertz CT molecular complexity index is 96.4. The second-order valence-corrected chi connectivity index (χ2v) is 3.15. The Labute approximate surface area is 72.7 Å². The third-order valence-electron chi connectivity index (χ3n) is 1.82. The summed E-state index contributed by atoms with van der Waals surface area (Å²) in [5.74, 6) is 0. The van der Waals surface area contributed by atoms with E-state index < -0.39 is 0 Å². The zero-order valence-electron chi connectivity index (χ0n) is 7.01. The summed E-state index contributed by atoms with van der Waals surface area (Å²) in [4.78, 5) is 2.42. The van der Waals surface area contributed by atoms with Gasteiger partial charge >= 0.3 is 0 Å². The van der Waals surface area contributed by atoms with Crippen molar-refractivity contribution in [2.75, 3.05) is 45.6 Å². The Morgan fingerprint density at radius 1 is 1.45 bits per heavy atom. The van der Waals surface area contributed by atoms with Crippen LogP contribution in [-0.2, 0) is 4.18 Å². The zero-order chi connectivity index (χ0) is 7.94. The number of hydrogen-bond acceptors (Lipinski definition) is 4. The highest BCUT2D eigenvalue weighted by molar-refractivity contribution is 7.93. The lowest BCUT2D eigenvalue weighted by Crippen LogP contribution is -2.44. The molecule has 1 N–H and O–H groups in total. The number of rotatable bonds is 4. The minimum Gasteiger partial charge on any atom is -0.314 e. The molecule has 0 aromatic heterocycles. The van der Waals surface area contributed by atoms with Crippen LogP contribution in [0.5, 0.6) is 0 Å². The summed E-state index contributed by atoms with van der Waals surface area (Å²) in [7, 11) is 0. The van der Waals surface area contributed by atoms with Gasteiger partial charge in [0.25, 0.3) is 0 Å². The molecule has 11 heavy (non-hydrogen) atoms. The molecule has 1 fully saturated rings. The molecule has 66 valence electrons. The minimum absolute atomic E-state index is 0.848. The van der Waals surface area contributed by atoms with Gasteiger partial charge in [-0.05, 0) is 12.0 Å². The average Bonchev–Trinajstić information content (AvgIpc) is 2.07. The third-order valence-corrected chi connectivity index (χ3v) is 2.22. The highest BCUT2D eigenvalue weighted by atomic mass is 32.2. The molecule has 4 heteroatoms. The molecule has 1 rings (SSSR count). The molecule has 0 amide bonds. The van der Waals surface area contributed by atoms with Crippen LogP contribution < -0.4 is 5.32 Å². The molecule has 1 aliphatic heterocycles. The van der Waals surface area contributed by atoms with Gasteiger partial charge < -0.3 is 9.50 Å². The summed E-state index contributed by atoms with van der Waals surface area (Å²) in [5, 5.41) is 3.32. The molecule has 0 aromatic carbocycles. The largest absolute Gasteiger partial charge is 0.314 e. The number of hydrogen-bond donors (Lipinski definition) is 1. The van der Waals surface area contributed by atoms with Gasteiger partial charge in [0, 0.05) is 39.0 Å². The van der Waals surface area contributed by atoms with Crippen LogP contribution in [0.3, 0.4) is 0 Å². The molecule has 0 bridgehead atoms. The van der Waals surface area contributed by atoms with Crippen molar-refractivity contribution in [1.82, 2.24) is 10.2 Å². The minimum atomic E-state index is 0.848. The third kappa shape index (κ3) is 3.96. The van der Waals surface area contributed by atoms with Crippen LogP contribution in [0.1, 0.15) is 0 Å². The van der Waals surface area contributed by atoms with Crippen LogP contribution in [0.15, 0.2) is 0 Å². The van der Waals surface area contributed by atoms with E-state index >= 15 is 0 Å². The predicted octanol–water partition coefficient (Wildman–Crippen LogP) is 0.186. The average molecular weight is 176 g/mol. The monoisotopic (exact) mass is 176 g/mol. The Balaban J connectivity index is 1.96. The van der Waals surface area contributed by atoms with Gasteiger partial charge in [-0.15, -0.1) is 0 Å². The molecular formula is C7H16N2OS. The second kappa shape index (κ2) is 5.83. The van der Waals surface area contributed by atoms with Crippen molar-refractivity contribution in [2.24, 2.45) is 0 Å². The van der Waals surface area contributed by atoms with Crippen LogP contribution in [-0.4, -0.2) is 50.5 Å². The SMILES string of the molecule is CSOCCN1CCNCC1. The van der Waals surface area contributed by atoms with Crippen LogP contribution >= 0.6 is 12.0 Å². The van der Waals surface area contributed by atoms with Gasteiger partial charge in [0.15, 0.2) is 0 Å². The summed E-state index contributed by atoms with van der Waals surface area (Å²) in [6, 6.07) is 0. The van der Waals surface area contributed by atoms with E-state index in [4.69, 9.17) is 4.18 Å². The molecule has 0 radical (unpaired) electrons. The van der Waals surface area contributed by atoms with Crippen LogP contribution in [0.4, 0.5) is 0 Å². The molecule has 3 nitrogen and oxygen atoms in total. The molecule has 1 heterocycles. The van der Waals surface area contributed by atoms with E-state index in [9.17, 15) is 0 Å². The van der Waals surface area contributed by atoms with Crippen LogP contribution in [0, 0.1) is 0 Å². The maximum absolute atomic E-state index is 5.19. The maximum atomic E-state index is 5.19. The highest BCUT2D eigenvalue weighted by Gasteiger charge is 2.07. The van der Waals surface area contributed by atoms with E-state index in [0.29, 0.717) is 0 Å². The van der Waals surface area contributed by atoms with E-state index in [1.165, 1.54) is 12.0 Å². The van der Waals surface area contributed by atoms with Gasteiger partial charge in [0.1, 0.15) is 0 Å². The van der Waals surface area contributed by atoms with Gasteiger partial charge in [0.05, 0.1) is 6.61 Å². The molecule has 0 aliphatic carbocycles. The van der Waals surface area contributed by atoms with E-state index in [2.05, 4.69) is 10.2 Å². The van der Waals surface area contributed by atoms with Crippen molar-refractivity contribution in [3.63, 3.8) is 0 Å². The van der Waals surface area contributed by atoms with Crippen molar-refractivity contribution < 1.29 is 4.18 Å².